The zero-order valence-corrected chi connectivity index (χ0v) is 10.3. The van der Waals surface area contributed by atoms with E-state index in [9.17, 15) is 4.79 Å². The van der Waals surface area contributed by atoms with Gasteiger partial charge in [0.2, 0.25) is 5.91 Å². The summed E-state index contributed by atoms with van der Waals surface area (Å²) >= 11 is 1.71. The zero-order chi connectivity index (χ0) is 11.5. The third-order valence-corrected chi connectivity index (χ3v) is 3.87. The van der Waals surface area contributed by atoms with Crippen LogP contribution in [0.5, 0.6) is 0 Å². The Labute approximate surface area is 101 Å². The van der Waals surface area contributed by atoms with Gasteiger partial charge in [-0.3, -0.25) is 4.79 Å². The van der Waals surface area contributed by atoms with Crippen molar-refractivity contribution in [2.45, 2.75) is 30.1 Å². The number of carbonyl (C=O) groups is 1. The van der Waals surface area contributed by atoms with Crippen molar-refractivity contribution in [3.8, 4) is 0 Å². The van der Waals surface area contributed by atoms with Crippen molar-refractivity contribution in [3.63, 3.8) is 0 Å². The molecule has 1 aromatic carbocycles. The first-order chi connectivity index (χ1) is 7.70. The van der Waals surface area contributed by atoms with Crippen molar-refractivity contribution in [2.75, 3.05) is 6.26 Å². The quantitative estimate of drug-likeness (QED) is 0.797. The highest BCUT2D eigenvalue weighted by atomic mass is 32.2. The molecule has 86 valence electrons. The fourth-order valence-corrected chi connectivity index (χ4v) is 2.35. The van der Waals surface area contributed by atoms with E-state index in [1.165, 1.54) is 17.7 Å². The van der Waals surface area contributed by atoms with Crippen molar-refractivity contribution in [1.29, 1.82) is 0 Å². The van der Waals surface area contributed by atoms with Crippen LogP contribution in [0, 0.1) is 5.92 Å². The molecule has 3 heteroatoms. The summed E-state index contributed by atoms with van der Waals surface area (Å²) in [6, 6.07) is 8.18. The molecule has 2 N–H and O–H groups in total. The molecular weight excluding hydrogens is 218 g/mol. The summed E-state index contributed by atoms with van der Waals surface area (Å²) in [5, 5.41) is 0. The monoisotopic (exact) mass is 235 g/mol. The maximum absolute atomic E-state index is 11.4. The predicted molar refractivity (Wildman–Crippen MR) is 67.5 cm³/mol. The van der Waals surface area contributed by atoms with E-state index < -0.39 is 0 Å². The molecule has 0 aromatic heterocycles. The van der Waals surface area contributed by atoms with Crippen molar-refractivity contribution in [1.82, 2.24) is 0 Å². The van der Waals surface area contributed by atoms with Gasteiger partial charge in [0.05, 0.1) is 5.92 Å². The van der Waals surface area contributed by atoms with Crippen LogP contribution in [0.25, 0.3) is 0 Å². The number of nitrogens with two attached hydrogens (primary N) is 1. The number of carbonyl (C=O) groups excluding carboxylic acids is 1. The molecule has 1 aliphatic carbocycles. The minimum atomic E-state index is -0.191. The van der Waals surface area contributed by atoms with Crippen LogP contribution in [-0.4, -0.2) is 12.2 Å². The summed E-state index contributed by atoms with van der Waals surface area (Å²) in [6.45, 7) is 0. The molecule has 0 bridgehead atoms. The summed E-state index contributed by atoms with van der Waals surface area (Å²) in [6.07, 6.45) is 5.48. The van der Waals surface area contributed by atoms with Gasteiger partial charge in [-0.1, -0.05) is 25.0 Å². The van der Waals surface area contributed by atoms with Crippen LogP contribution in [0.15, 0.2) is 29.2 Å². The molecule has 1 fully saturated rings. The third-order valence-electron chi connectivity index (χ3n) is 3.13. The molecule has 2 rings (SSSR count). The van der Waals surface area contributed by atoms with Gasteiger partial charge in [0.1, 0.15) is 0 Å². The van der Waals surface area contributed by atoms with Gasteiger partial charge >= 0.3 is 0 Å². The molecule has 0 heterocycles. The lowest BCUT2D eigenvalue weighted by Crippen LogP contribution is -2.21. The molecule has 0 radical (unpaired) electrons. The Kier molecular flexibility index (Phi) is 3.54. The average Bonchev–Trinajstić information content (AvgIpc) is 3.09. The SMILES string of the molecule is CSc1ccc(C(CC2CC2)C(N)=O)cc1. The van der Waals surface area contributed by atoms with Gasteiger partial charge in [-0.15, -0.1) is 11.8 Å². The van der Waals surface area contributed by atoms with Crippen LogP contribution in [-0.2, 0) is 4.79 Å². The summed E-state index contributed by atoms with van der Waals surface area (Å²) in [5.74, 6) is 0.435. The molecular formula is C13H17NOS. The molecule has 0 spiro atoms. The Hall–Kier alpha value is -0.960. The number of rotatable bonds is 5. The zero-order valence-electron chi connectivity index (χ0n) is 9.48. The van der Waals surface area contributed by atoms with Crippen LogP contribution >= 0.6 is 11.8 Å². The van der Waals surface area contributed by atoms with E-state index in [0.717, 1.165) is 17.9 Å². The summed E-state index contributed by atoms with van der Waals surface area (Å²) in [7, 11) is 0. The Bertz CT molecular complexity index is 370. The van der Waals surface area contributed by atoms with Crippen LogP contribution in [0.4, 0.5) is 0 Å². The van der Waals surface area contributed by atoms with Gasteiger partial charge in [0, 0.05) is 4.90 Å². The van der Waals surface area contributed by atoms with Gasteiger partial charge in [0.25, 0.3) is 0 Å². The topological polar surface area (TPSA) is 43.1 Å². The lowest BCUT2D eigenvalue weighted by molar-refractivity contribution is -0.119. The second kappa shape index (κ2) is 4.91. The Morgan fingerprint density at radius 1 is 1.44 bits per heavy atom. The van der Waals surface area contributed by atoms with Crippen LogP contribution in [0.1, 0.15) is 30.7 Å². The molecule has 1 saturated carbocycles. The van der Waals surface area contributed by atoms with Crippen molar-refractivity contribution < 1.29 is 4.79 Å². The average molecular weight is 235 g/mol. The first kappa shape index (κ1) is 11.5. The van der Waals surface area contributed by atoms with Gasteiger partial charge in [-0.25, -0.2) is 0 Å². The number of hydrogen-bond donors (Lipinski definition) is 1. The second-order valence-electron chi connectivity index (χ2n) is 4.41. The maximum atomic E-state index is 11.4. The Morgan fingerprint density at radius 2 is 2.06 bits per heavy atom. The van der Waals surface area contributed by atoms with Gasteiger partial charge in [-0.2, -0.15) is 0 Å². The fourth-order valence-electron chi connectivity index (χ4n) is 1.94. The molecule has 1 amide bonds. The van der Waals surface area contributed by atoms with Crippen molar-refractivity contribution in [2.24, 2.45) is 11.7 Å². The molecule has 2 nitrogen and oxygen atoms in total. The molecule has 16 heavy (non-hydrogen) atoms. The smallest absolute Gasteiger partial charge is 0.224 e. The van der Waals surface area contributed by atoms with E-state index in [-0.39, 0.29) is 11.8 Å². The molecule has 1 aliphatic rings. The Balaban J connectivity index is 2.13. The summed E-state index contributed by atoms with van der Waals surface area (Å²) in [4.78, 5) is 12.7. The first-order valence-corrected chi connectivity index (χ1v) is 6.86. The standard InChI is InChI=1S/C13H17NOS/c1-16-11-6-4-10(5-7-11)12(13(14)15)8-9-2-3-9/h4-7,9,12H,2-3,8H2,1H3,(H2,14,15). The minimum Gasteiger partial charge on any atom is -0.369 e. The highest BCUT2D eigenvalue weighted by molar-refractivity contribution is 7.98. The third kappa shape index (κ3) is 2.79. The van der Waals surface area contributed by atoms with Crippen LogP contribution in [0.3, 0.4) is 0 Å². The fraction of sp³-hybridized carbons (Fsp3) is 0.462. The molecule has 0 aliphatic heterocycles. The predicted octanol–water partition coefficient (Wildman–Crippen LogP) is 2.78. The minimum absolute atomic E-state index is 0.0941. The highest BCUT2D eigenvalue weighted by Gasteiger charge is 2.29. The van der Waals surface area contributed by atoms with E-state index in [2.05, 4.69) is 12.1 Å². The number of hydrogen-bond acceptors (Lipinski definition) is 2. The van der Waals surface area contributed by atoms with Crippen LogP contribution in [0.2, 0.25) is 0 Å². The number of benzene rings is 1. The second-order valence-corrected chi connectivity index (χ2v) is 5.29. The molecule has 1 aromatic rings. The van der Waals surface area contributed by atoms with E-state index in [1.807, 2.05) is 18.4 Å². The molecule has 1 atom stereocenters. The van der Waals surface area contributed by atoms with Crippen molar-refractivity contribution >= 4 is 17.7 Å². The van der Waals surface area contributed by atoms with Crippen LogP contribution < -0.4 is 5.73 Å². The van der Waals surface area contributed by atoms with Gasteiger partial charge in [0.15, 0.2) is 0 Å². The molecule has 0 saturated heterocycles. The van der Waals surface area contributed by atoms with E-state index >= 15 is 0 Å². The number of amides is 1. The largest absolute Gasteiger partial charge is 0.369 e. The lowest BCUT2D eigenvalue weighted by atomic mass is 9.93. The first-order valence-electron chi connectivity index (χ1n) is 5.64. The maximum Gasteiger partial charge on any atom is 0.224 e. The summed E-state index contributed by atoms with van der Waals surface area (Å²) in [5.41, 5.74) is 6.54. The van der Waals surface area contributed by atoms with Crippen molar-refractivity contribution in [3.05, 3.63) is 29.8 Å². The normalized spacial score (nSPS) is 17.1. The number of primary amides is 1. The number of thioether (sulfide) groups is 1. The lowest BCUT2D eigenvalue weighted by Gasteiger charge is -2.13. The highest BCUT2D eigenvalue weighted by Crippen LogP contribution is 2.38. The van der Waals surface area contributed by atoms with Gasteiger partial charge in [-0.05, 0) is 36.3 Å². The van der Waals surface area contributed by atoms with E-state index in [4.69, 9.17) is 5.73 Å². The summed E-state index contributed by atoms with van der Waals surface area (Å²) < 4.78 is 0. The van der Waals surface area contributed by atoms with E-state index in [0.29, 0.717) is 0 Å². The molecule has 1 unspecified atom stereocenters. The Morgan fingerprint density at radius 3 is 2.50 bits per heavy atom. The van der Waals surface area contributed by atoms with E-state index in [1.54, 1.807) is 11.8 Å². The van der Waals surface area contributed by atoms with Gasteiger partial charge < -0.3 is 5.73 Å².